The summed E-state index contributed by atoms with van der Waals surface area (Å²) >= 11 is 0. The highest BCUT2D eigenvalue weighted by molar-refractivity contribution is 5.95. The lowest BCUT2D eigenvalue weighted by molar-refractivity contribution is -0.384. The molecule has 1 heterocycles. The zero-order chi connectivity index (χ0) is 16.8. The largest absolute Gasteiger partial charge is 0.452 e. The van der Waals surface area contributed by atoms with E-state index in [0.29, 0.717) is 31.7 Å². The number of nitrogens with one attached hydrogen (secondary N) is 1. The molecule has 0 aliphatic carbocycles. The molecule has 1 aromatic carbocycles. The Labute approximate surface area is 132 Å². The van der Waals surface area contributed by atoms with E-state index in [-0.39, 0.29) is 11.6 Å². The summed E-state index contributed by atoms with van der Waals surface area (Å²) in [5, 5.41) is 13.1. The van der Waals surface area contributed by atoms with Gasteiger partial charge in [-0.2, -0.15) is 0 Å². The summed E-state index contributed by atoms with van der Waals surface area (Å²) in [5.41, 5.74) is 0.330. The maximum absolute atomic E-state index is 12.0. The van der Waals surface area contributed by atoms with Crippen LogP contribution in [0.15, 0.2) is 24.3 Å². The van der Waals surface area contributed by atoms with E-state index in [9.17, 15) is 19.7 Å². The van der Waals surface area contributed by atoms with Gasteiger partial charge in [-0.15, -0.1) is 0 Å². The molecule has 1 amide bonds. The Kier molecular flexibility index (Phi) is 5.64. The summed E-state index contributed by atoms with van der Waals surface area (Å²) in [6.45, 7) is 2.52. The normalized spacial score (nSPS) is 16.4. The molecule has 1 aliphatic rings. The van der Waals surface area contributed by atoms with Crippen LogP contribution in [0, 0.1) is 16.0 Å². The number of anilines is 1. The Bertz CT molecular complexity index is 580. The number of rotatable bonds is 5. The van der Waals surface area contributed by atoms with E-state index < -0.39 is 22.9 Å². The van der Waals surface area contributed by atoms with E-state index in [0.717, 1.165) is 0 Å². The number of hydrogen-bond donors (Lipinski definition) is 1. The van der Waals surface area contributed by atoms with Gasteiger partial charge in [-0.3, -0.25) is 19.7 Å². The van der Waals surface area contributed by atoms with Gasteiger partial charge in [0.15, 0.2) is 6.10 Å². The third-order valence-electron chi connectivity index (χ3n) is 3.56. The first-order valence-corrected chi connectivity index (χ1v) is 7.31. The van der Waals surface area contributed by atoms with Crippen molar-refractivity contribution in [3.05, 3.63) is 34.4 Å². The molecule has 8 nitrogen and oxygen atoms in total. The molecule has 1 atom stereocenters. The molecule has 0 saturated carbocycles. The van der Waals surface area contributed by atoms with Gasteiger partial charge in [-0.05, 0) is 31.9 Å². The number of non-ortho nitro benzene ring substituents is 1. The number of benzene rings is 1. The van der Waals surface area contributed by atoms with Crippen LogP contribution in [-0.4, -0.2) is 36.1 Å². The molecule has 8 heteroatoms. The number of nitro groups is 1. The minimum atomic E-state index is -0.944. The first-order valence-electron chi connectivity index (χ1n) is 7.31. The molecule has 0 bridgehead atoms. The van der Waals surface area contributed by atoms with Crippen LogP contribution >= 0.6 is 0 Å². The van der Waals surface area contributed by atoms with Gasteiger partial charge >= 0.3 is 5.97 Å². The second-order valence-electron chi connectivity index (χ2n) is 5.26. The second kappa shape index (κ2) is 7.68. The van der Waals surface area contributed by atoms with E-state index in [2.05, 4.69) is 5.32 Å². The maximum Gasteiger partial charge on any atom is 0.309 e. The molecule has 1 N–H and O–H groups in total. The number of nitro benzene ring substituents is 1. The van der Waals surface area contributed by atoms with E-state index in [1.54, 1.807) is 0 Å². The Balaban J connectivity index is 1.86. The molecular formula is C15H18N2O6. The topological polar surface area (TPSA) is 108 Å². The van der Waals surface area contributed by atoms with E-state index in [1.165, 1.54) is 31.2 Å². The summed E-state index contributed by atoms with van der Waals surface area (Å²) in [5.74, 6) is -1.13. The summed E-state index contributed by atoms with van der Waals surface area (Å²) in [6.07, 6.45) is 0.242. The minimum Gasteiger partial charge on any atom is -0.452 e. The van der Waals surface area contributed by atoms with Crippen molar-refractivity contribution in [2.45, 2.75) is 25.9 Å². The molecule has 1 aliphatic heterocycles. The van der Waals surface area contributed by atoms with Crippen LogP contribution < -0.4 is 5.32 Å². The van der Waals surface area contributed by atoms with Gasteiger partial charge in [0, 0.05) is 31.0 Å². The van der Waals surface area contributed by atoms with Gasteiger partial charge in [-0.25, -0.2) is 0 Å². The first-order chi connectivity index (χ1) is 11.0. The number of esters is 1. The fourth-order valence-electron chi connectivity index (χ4n) is 2.17. The van der Waals surface area contributed by atoms with Crippen LogP contribution in [0.3, 0.4) is 0 Å². The van der Waals surface area contributed by atoms with E-state index >= 15 is 0 Å². The van der Waals surface area contributed by atoms with Crippen molar-refractivity contribution >= 4 is 23.3 Å². The quantitative estimate of drug-likeness (QED) is 0.504. The number of carbonyl (C=O) groups is 2. The van der Waals surface area contributed by atoms with Gasteiger partial charge in [0.05, 0.1) is 10.8 Å². The van der Waals surface area contributed by atoms with Crippen molar-refractivity contribution in [1.29, 1.82) is 0 Å². The van der Waals surface area contributed by atoms with Gasteiger partial charge < -0.3 is 14.8 Å². The fourth-order valence-corrected chi connectivity index (χ4v) is 2.17. The van der Waals surface area contributed by atoms with Crippen molar-refractivity contribution in [3.63, 3.8) is 0 Å². The number of ether oxygens (including phenoxy) is 2. The third kappa shape index (κ3) is 4.75. The molecule has 124 valence electrons. The highest BCUT2D eigenvalue weighted by atomic mass is 16.6. The molecule has 1 fully saturated rings. The molecule has 1 unspecified atom stereocenters. The van der Waals surface area contributed by atoms with Gasteiger partial charge in [0.2, 0.25) is 0 Å². The number of amides is 1. The SMILES string of the molecule is CC(OC(=O)C1CCOCC1)C(=O)Nc1ccc([N+](=O)[O-])cc1. The average molecular weight is 322 g/mol. The molecule has 1 aromatic rings. The van der Waals surface area contributed by atoms with Gasteiger partial charge in [0.25, 0.3) is 11.6 Å². The van der Waals surface area contributed by atoms with Crippen LogP contribution in [0.2, 0.25) is 0 Å². The van der Waals surface area contributed by atoms with Crippen molar-refractivity contribution in [1.82, 2.24) is 0 Å². The molecule has 0 spiro atoms. The Hall–Kier alpha value is -2.48. The van der Waals surface area contributed by atoms with Gasteiger partial charge in [-0.1, -0.05) is 0 Å². The predicted molar refractivity (Wildman–Crippen MR) is 80.8 cm³/mol. The average Bonchev–Trinajstić information content (AvgIpc) is 2.56. The second-order valence-corrected chi connectivity index (χ2v) is 5.26. The van der Waals surface area contributed by atoms with Crippen LogP contribution in [0.25, 0.3) is 0 Å². The van der Waals surface area contributed by atoms with Crippen LogP contribution in [0.4, 0.5) is 11.4 Å². The van der Waals surface area contributed by atoms with Crippen LogP contribution in [-0.2, 0) is 19.1 Å². The lowest BCUT2D eigenvalue weighted by Gasteiger charge is -2.22. The predicted octanol–water partition coefficient (Wildman–Crippen LogP) is 1.89. The van der Waals surface area contributed by atoms with E-state index in [1.807, 2.05) is 0 Å². The molecule has 0 radical (unpaired) electrons. The lowest BCUT2D eigenvalue weighted by atomic mass is 10.0. The Morgan fingerprint density at radius 3 is 2.48 bits per heavy atom. The summed E-state index contributed by atoms with van der Waals surface area (Å²) in [7, 11) is 0. The zero-order valence-electron chi connectivity index (χ0n) is 12.7. The minimum absolute atomic E-state index is 0.0676. The van der Waals surface area contributed by atoms with Crippen molar-refractivity contribution < 1.29 is 24.0 Å². The fraction of sp³-hybridized carbons (Fsp3) is 0.467. The Morgan fingerprint density at radius 2 is 1.91 bits per heavy atom. The Morgan fingerprint density at radius 1 is 1.30 bits per heavy atom. The molecule has 1 saturated heterocycles. The number of hydrogen-bond acceptors (Lipinski definition) is 6. The van der Waals surface area contributed by atoms with Crippen LogP contribution in [0.5, 0.6) is 0 Å². The van der Waals surface area contributed by atoms with Crippen LogP contribution in [0.1, 0.15) is 19.8 Å². The maximum atomic E-state index is 12.0. The lowest BCUT2D eigenvalue weighted by Crippen LogP contribution is -2.34. The van der Waals surface area contributed by atoms with Crippen molar-refractivity contribution in [2.24, 2.45) is 5.92 Å². The molecule has 23 heavy (non-hydrogen) atoms. The zero-order valence-corrected chi connectivity index (χ0v) is 12.7. The summed E-state index contributed by atoms with van der Waals surface area (Å²) in [4.78, 5) is 34.0. The standard InChI is InChI=1S/C15H18N2O6/c1-10(23-15(19)11-6-8-22-9-7-11)14(18)16-12-2-4-13(5-3-12)17(20)21/h2-5,10-11H,6-9H2,1H3,(H,16,18). The molecular weight excluding hydrogens is 304 g/mol. The first kappa shape index (κ1) is 16.9. The number of nitrogens with zero attached hydrogens (tertiary/aromatic N) is 1. The van der Waals surface area contributed by atoms with Gasteiger partial charge in [0.1, 0.15) is 0 Å². The third-order valence-corrected chi connectivity index (χ3v) is 3.56. The summed E-state index contributed by atoms with van der Waals surface area (Å²) < 4.78 is 10.3. The monoisotopic (exact) mass is 322 g/mol. The highest BCUT2D eigenvalue weighted by Gasteiger charge is 2.26. The van der Waals surface area contributed by atoms with Crippen molar-refractivity contribution in [2.75, 3.05) is 18.5 Å². The molecule has 2 rings (SSSR count). The smallest absolute Gasteiger partial charge is 0.309 e. The highest BCUT2D eigenvalue weighted by Crippen LogP contribution is 2.18. The van der Waals surface area contributed by atoms with E-state index in [4.69, 9.17) is 9.47 Å². The van der Waals surface area contributed by atoms with Crippen molar-refractivity contribution in [3.8, 4) is 0 Å². The number of carbonyl (C=O) groups excluding carboxylic acids is 2. The summed E-state index contributed by atoms with van der Waals surface area (Å²) in [6, 6.07) is 5.41. The molecule has 0 aromatic heterocycles.